The van der Waals surface area contributed by atoms with E-state index in [-0.39, 0.29) is 23.8 Å². The lowest BCUT2D eigenvalue weighted by Gasteiger charge is -2.28. The predicted molar refractivity (Wildman–Crippen MR) is 152 cm³/mol. The first-order valence-electron chi connectivity index (χ1n) is 13.8. The second kappa shape index (κ2) is 16.9. The van der Waals surface area contributed by atoms with Crippen LogP contribution in [0.1, 0.15) is 54.4 Å². The summed E-state index contributed by atoms with van der Waals surface area (Å²) in [6.07, 6.45) is 1.41. The van der Waals surface area contributed by atoms with Gasteiger partial charge in [0.15, 0.2) is 0 Å². The predicted octanol–water partition coefficient (Wildman–Crippen LogP) is 2.65. The zero-order valence-electron chi connectivity index (χ0n) is 24.3. The van der Waals surface area contributed by atoms with Crippen LogP contribution in [0.15, 0.2) is 0 Å². The molecule has 0 aliphatic heterocycles. The Morgan fingerprint density at radius 2 is 0.897 bits per heavy atom. The number of hydrogen-bond donors (Lipinski definition) is 3. The Bertz CT molecular complexity index is 856. The van der Waals surface area contributed by atoms with E-state index in [1.165, 1.54) is 0 Å². The second-order valence-electron chi connectivity index (χ2n) is 8.33. The van der Waals surface area contributed by atoms with E-state index in [4.69, 9.17) is 38.0 Å². The number of rotatable bonds is 22. The Labute approximate surface area is 233 Å². The van der Waals surface area contributed by atoms with Crippen molar-refractivity contribution in [2.24, 2.45) is 0 Å². The minimum Gasteiger partial charge on any atom is -0.374 e. The first-order valence-corrected chi connectivity index (χ1v) is 17.7. The van der Waals surface area contributed by atoms with Crippen LogP contribution in [0.25, 0.3) is 0 Å². The van der Waals surface area contributed by atoms with E-state index in [2.05, 4.69) is 25.5 Å². The summed E-state index contributed by atoms with van der Waals surface area (Å²) in [7, 11) is -5.48. The molecular formula is C22H47N9O6Si2. The van der Waals surface area contributed by atoms with Gasteiger partial charge in [0.05, 0.1) is 0 Å². The van der Waals surface area contributed by atoms with Crippen LogP contribution in [-0.4, -0.2) is 86.8 Å². The maximum atomic E-state index is 6.10. The zero-order chi connectivity index (χ0) is 28.7. The van der Waals surface area contributed by atoms with Crippen molar-refractivity contribution in [1.82, 2.24) is 29.5 Å². The molecule has 224 valence electrons. The number of aryl methyl sites for hydroxylation is 2. The summed E-state index contributed by atoms with van der Waals surface area (Å²) in [5, 5.41) is 11.9. The van der Waals surface area contributed by atoms with E-state index >= 15 is 0 Å². The first kappa shape index (κ1) is 33.1. The van der Waals surface area contributed by atoms with Crippen LogP contribution in [-0.2, 0) is 39.6 Å². The normalized spacial score (nSPS) is 12.4. The highest BCUT2D eigenvalue weighted by atomic mass is 28.4. The maximum absolute atomic E-state index is 6.10. The standard InChI is InChI=1S/C22H47N9O6Si2/c1-7-32-38(33-8-2,34-9-3)17-13-15-30-19(23)25-21(28-30)27-22-26-20(24)31(29-22)16-14-18-39(35-10-4,36-11-5)37-12-6/h7-18H2,1-6H3,(H5,23,24,25,26,27,28,29). The van der Waals surface area contributed by atoms with Gasteiger partial charge in [0.1, 0.15) is 0 Å². The van der Waals surface area contributed by atoms with Gasteiger partial charge in [0.25, 0.3) is 11.9 Å². The summed E-state index contributed by atoms with van der Waals surface area (Å²) in [4.78, 5) is 8.57. The third kappa shape index (κ3) is 10.1. The molecule has 15 nitrogen and oxygen atoms in total. The quantitative estimate of drug-likeness (QED) is 0.171. The lowest BCUT2D eigenvalue weighted by Crippen LogP contribution is -2.46. The van der Waals surface area contributed by atoms with Crippen LogP contribution < -0.4 is 16.8 Å². The highest BCUT2D eigenvalue weighted by Crippen LogP contribution is 2.21. The van der Waals surface area contributed by atoms with Gasteiger partial charge in [-0.15, -0.1) is 10.2 Å². The Kier molecular flexibility index (Phi) is 14.3. The molecule has 5 N–H and O–H groups in total. The summed E-state index contributed by atoms with van der Waals surface area (Å²) < 4.78 is 38.7. The molecule has 0 unspecified atom stereocenters. The van der Waals surface area contributed by atoms with Crippen molar-refractivity contribution in [3.8, 4) is 0 Å². The number of nitrogens with one attached hydrogen (secondary N) is 1. The highest BCUT2D eigenvalue weighted by Gasteiger charge is 2.40. The van der Waals surface area contributed by atoms with Crippen molar-refractivity contribution >= 4 is 41.4 Å². The minimum absolute atomic E-state index is 0.269. The van der Waals surface area contributed by atoms with E-state index < -0.39 is 17.6 Å². The van der Waals surface area contributed by atoms with Gasteiger partial charge in [-0.2, -0.15) is 9.97 Å². The largest absolute Gasteiger partial charge is 0.500 e. The van der Waals surface area contributed by atoms with Crippen molar-refractivity contribution in [1.29, 1.82) is 0 Å². The zero-order valence-corrected chi connectivity index (χ0v) is 26.3. The molecule has 0 saturated heterocycles. The molecule has 0 aromatic carbocycles. The van der Waals surface area contributed by atoms with Crippen LogP contribution in [0, 0.1) is 0 Å². The van der Waals surface area contributed by atoms with Crippen LogP contribution in [0.4, 0.5) is 23.8 Å². The molecular weight excluding hydrogens is 542 g/mol. The number of nitrogens with two attached hydrogens (primary N) is 2. The van der Waals surface area contributed by atoms with Gasteiger partial charge in [-0.3, -0.25) is 5.32 Å². The molecule has 2 rings (SSSR count). The first-order chi connectivity index (χ1) is 18.8. The van der Waals surface area contributed by atoms with Crippen molar-refractivity contribution in [2.75, 3.05) is 56.4 Å². The molecule has 2 heterocycles. The number of aromatic nitrogens is 6. The van der Waals surface area contributed by atoms with Crippen LogP contribution in [0.3, 0.4) is 0 Å². The van der Waals surface area contributed by atoms with Gasteiger partial charge in [0, 0.05) is 64.8 Å². The van der Waals surface area contributed by atoms with E-state index in [0.717, 1.165) is 0 Å². The molecule has 0 amide bonds. The molecule has 17 heteroatoms. The Balaban J connectivity index is 1.97. The van der Waals surface area contributed by atoms with Crippen molar-refractivity contribution in [3.05, 3.63) is 0 Å². The summed E-state index contributed by atoms with van der Waals surface area (Å²) in [5.74, 6) is 1.10. The van der Waals surface area contributed by atoms with Gasteiger partial charge in [0.2, 0.25) is 11.9 Å². The number of hydrogen-bond acceptors (Lipinski definition) is 13. The molecule has 0 aliphatic carbocycles. The average Bonchev–Trinajstić information content (AvgIpc) is 3.40. The summed E-state index contributed by atoms with van der Waals surface area (Å²) in [5.41, 5.74) is 12.2. The molecule has 2 aromatic heterocycles. The second-order valence-corrected chi connectivity index (χ2v) is 13.8. The molecule has 39 heavy (non-hydrogen) atoms. The van der Waals surface area contributed by atoms with Crippen LogP contribution in [0.5, 0.6) is 0 Å². The van der Waals surface area contributed by atoms with Gasteiger partial charge < -0.3 is 38.0 Å². The lowest BCUT2D eigenvalue weighted by molar-refractivity contribution is 0.0696. The molecule has 0 spiro atoms. The third-order valence-corrected chi connectivity index (χ3v) is 11.8. The SMILES string of the molecule is CCO[Si](CCCn1nc(Nc2nc(N)n(CCC[Si](OCC)(OCC)OCC)n2)nc1N)(OCC)OCC. The summed E-state index contributed by atoms with van der Waals surface area (Å²) in [6, 6.07) is 1.29. The molecule has 0 saturated carbocycles. The number of nitrogens with zero attached hydrogens (tertiary/aromatic N) is 6. The van der Waals surface area contributed by atoms with E-state index in [0.29, 0.717) is 77.7 Å². The van der Waals surface area contributed by atoms with Crippen LogP contribution >= 0.6 is 0 Å². The average molecular weight is 590 g/mol. The Morgan fingerprint density at radius 1 is 0.590 bits per heavy atom. The summed E-state index contributed by atoms with van der Waals surface area (Å²) in [6.45, 7) is 15.9. The van der Waals surface area contributed by atoms with Gasteiger partial charge in [-0.1, -0.05) is 0 Å². The monoisotopic (exact) mass is 589 g/mol. The van der Waals surface area contributed by atoms with Crippen molar-refractivity contribution < 1.29 is 26.6 Å². The lowest BCUT2D eigenvalue weighted by atomic mass is 10.5. The smallest absolute Gasteiger partial charge is 0.374 e. The number of anilines is 4. The van der Waals surface area contributed by atoms with Crippen molar-refractivity contribution in [2.45, 2.75) is 79.6 Å². The topological polar surface area (TPSA) is 181 Å². The van der Waals surface area contributed by atoms with E-state index in [1.807, 2.05) is 41.5 Å². The molecule has 0 radical (unpaired) electrons. The van der Waals surface area contributed by atoms with Crippen LogP contribution in [0.2, 0.25) is 12.1 Å². The van der Waals surface area contributed by atoms with Gasteiger partial charge in [-0.05, 0) is 54.4 Å². The fourth-order valence-electron chi connectivity index (χ4n) is 4.14. The molecule has 0 fully saturated rings. The Hall–Kier alpha value is -2.13. The van der Waals surface area contributed by atoms with Crippen molar-refractivity contribution in [3.63, 3.8) is 0 Å². The van der Waals surface area contributed by atoms with Gasteiger partial charge >= 0.3 is 17.6 Å². The highest BCUT2D eigenvalue weighted by molar-refractivity contribution is 6.61. The molecule has 0 atom stereocenters. The fraction of sp³-hybridized carbons (Fsp3) is 0.818. The summed E-state index contributed by atoms with van der Waals surface area (Å²) >= 11 is 0. The Morgan fingerprint density at radius 3 is 1.18 bits per heavy atom. The molecule has 0 aliphatic rings. The number of nitrogen functional groups attached to an aromatic ring is 2. The van der Waals surface area contributed by atoms with E-state index in [9.17, 15) is 0 Å². The third-order valence-electron chi connectivity index (χ3n) is 5.52. The van der Waals surface area contributed by atoms with Gasteiger partial charge in [-0.25, -0.2) is 9.36 Å². The fourth-order valence-corrected chi connectivity index (χ4v) is 9.32. The molecule has 2 aromatic rings. The maximum Gasteiger partial charge on any atom is 0.500 e. The minimum atomic E-state index is -2.74. The molecule has 0 bridgehead atoms. The van der Waals surface area contributed by atoms with E-state index in [1.54, 1.807) is 9.36 Å².